The quantitative estimate of drug-likeness (QED) is 0.365. The predicted octanol–water partition coefficient (Wildman–Crippen LogP) is 4.65. The van der Waals surface area contributed by atoms with Gasteiger partial charge in [-0.1, -0.05) is 19.3 Å². The molecule has 5 saturated carbocycles. The van der Waals surface area contributed by atoms with Crippen molar-refractivity contribution >= 4 is 29.5 Å². The molecular weight excluding hydrogens is 506 g/mol. The van der Waals surface area contributed by atoms with E-state index >= 15 is 0 Å². The molecule has 0 unspecified atom stereocenters. The number of carbonyl (C=O) groups is 3. The fourth-order valence-electron chi connectivity index (χ4n) is 7.17. The Hall–Kier alpha value is -2.23. The smallest absolute Gasteiger partial charge is 0.305 e. The van der Waals surface area contributed by atoms with Gasteiger partial charge in [0.25, 0.3) is 11.8 Å². The van der Waals surface area contributed by atoms with Gasteiger partial charge in [-0.25, -0.2) is 0 Å². The van der Waals surface area contributed by atoms with Gasteiger partial charge in [0.1, 0.15) is 11.5 Å². The number of rotatable bonds is 11. The van der Waals surface area contributed by atoms with Gasteiger partial charge in [0, 0.05) is 17.8 Å². The zero-order valence-corrected chi connectivity index (χ0v) is 23.3. The van der Waals surface area contributed by atoms with E-state index in [0.29, 0.717) is 22.0 Å². The molecular formula is C28H41N3O6S. The van der Waals surface area contributed by atoms with E-state index in [1.807, 2.05) is 0 Å². The monoisotopic (exact) mass is 547 g/mol. The number of nitrogens with zero attached hydrogens (tertiary/aromatic N) is 1. The van der Waals surface area contributed by atoms with Crippen molar-refractivity contribution in [2.24, 2.45) is 29.1 Å². The molecule has 1 aromatic rings. The highest BCUT2D eigenvalue weighted by atomic mass is 32.2. The highest BCUT2D eigenvalue weighted by Crippen LogP contribution is 2.54. The van der Waals surface area contributed by atoms with Crippen LogP contribution in [-0.2, 0) is 9.59 Å². The number of ether oxygens (including phenoxy) is 1. The largest absolute Gasteiger partial charge is 0.481 e. The Labute approximate surface area is 228 Å². The number of hydrogen-bond donors (Lipinski definition) is 3. The second-order valence-corrected chi connectivity index (χ2v) is 13.8. The van der Waals surface area contributed by atoms with Crippen molar-refractivity contribution < 1.29 is 28.8 Å². The Balaban J connectivity index is 1.28. The zero-order chi connectivity index (χ0) is 26.9. The molecule has 5 aliphatic carbocycles. The van der Waals surface area contributed by atoms with E-state index in [1.165, 1.54) is 38.5 Å². The highest BCUT2D eigenvalue weighted by Gasteiger charge is 2.49. The maximum Gasteiger partial charge on any atom is 0.305 e. The third-order valence-corrected chi connectivity index (χ3v) is 10.4. The molecule has 2 amide bonds. The van der Waals surface area contributed by atoms with Crippen molar-refractivity contribution in [3.63, 3.8) is 0 Å². The van der Waals surface area contributed by atoms with E-state index < -0.39 is 11.4 Å². The molecule has 0 saturated heterocycles. The molecule has 5 fully saturated rings. The molecule has 1 heterocycles. The summed E-state index contributed by atoms with van der Waals surface area (Å²) in [4.78, 5) is 37.6. The number of aliphatic carboxylic acids is 1. The molecule has 0 spiro atoms. The lowest BCUT2D eigenvalue weighted by atomic mass is 9.54. The Morgan fingerprint density at radius 3 is 2.34 bits per heavy atom. The summed E-state index contributed by atoms with van der Waals surface area (Å²) in [6.45, 7) is 3.54. The van der Waals surface area contributed by atoms with Crippen LogP contribution in [-0.4, -0.2) is 52.5 Å². The fourth-order valence-corrected chi connectivity index (χ4v) is 8.51. The minimum Gasteiger partial charge on any atom is -0.481 e. The first-order valence-corrected chi connectivity index (χ1v) is 15.2. The Bertz CT molecular complexity index is 1010. The molecule has 0 atom stereocenters. The average Bonchev–Trinajstić information content (AvgIpc) is 3.27. The van der Waals surface area contributed by atoms with Gasteiger partial charge in [-0.3, -0.25) is 14.4 Å². The van der Waals surface area contributed by atoms with Gasteiger partial charge >= 0.3 is 5.97 Å². The van der Waals surface area contributed by atoms with Crippen LogP contribution in [0, 0.1) is 29.1 Å². The summed E-state index contributed by atoms with van der Waals surface area (Å²) < 4.78 is 11.7. The summed E-state index contributed by atoms with van der Waals surface area (Å²) in [6.07, 6.45) is 11.8. The normalized spacial score (nSPS) is 28.7. The minimum atomic E-state index is -0.967. The summed E-state index contributed by atoms with van der Waals surface area (Å²) in [6, 6.07) is 0.200. The molecule has 10 heteroatoms. The van der Waals surface area contributed by atoms with E-state index in [9.17, 15) is 14.4 Å². The number of aromatic nitrogens is 1. The summed E-state index contributed by atoms with van der Waals surface area (Å²) in [5.41, 5.74) is -0.924. The van der Waals surface area contributed by atoms with Gasteiger partial charge in [-0.15, -0.1) is 11.8 Å². The number of carboxylic acids is 1. The lowest BCUT2D eigenvalue weighted by Gasteiger charge is -2.54. The molecule has 0 aromatic carbocycles. The molecule has 9 nitrogen and oxygen atoms in total. The van der Waals surface area contributed by atoms with Crippen LogP contribution >= 0.6 is 11.8 Å². The predicted molar refractivity (Wildman–Crippen MR) is 142 cm³/mol. The van der Waals surface area contributed by atoms with Gasteiger partial charge in [-0.05, 0) is 87.6 Å². The maximum atomic E-state index is 13.6. The topological polar surface area (TPSA) is 131 Å². The summed E-state index contributed by atoms with van der Waals surface area (Å²) in [5, 5.41) is 19.3. The Kier molecular flexibility index (Phi) is 8.26. The van der Waals surface area contributed by atoms with Gasteiger partial charge < -0.3 is 25.0 Å². The average molecular weight is 548 g/mol. The second-order valence-electron chi connectivity index (χ2n) is 12.5. The van der Waals surface area contributed by atoms with Crippen molar-refractivity contribution in [3.05, 3.63) is 5.76 Å². The van der Waals surface area contributed by atoms with Crippen molar-refractivity contribution in [2.45, 2.75) is 101 Å². The maximum absolute atomic E-state index is 13.6. The Morgan fingerprint density at radius 1 is 1.05 bits per heavy atom. The van der Waals surface area contributed by atoms with Gasteiger partial charge in [0.05, 0.1) is 11.8 Å². The van der Waals surface area contributed by atoms with Crippen LogP contribution < -0.4 is 15.4 Å². The molecule has 1 aromatic heterocycles. The molecule has 0 radical (unpaired) electrons. The van der Waals surface area contributed by atoms with E-state index in [1.54, 1.807) is 25.6 Å². The van der Waals surface area contributed by atoms with Crippen LogP contribution in [0.5, 0.6) is 5.88 Å². The SMILES string of the molecule is CC(C)(COc1noc(C(=O)NC2C3CC4CC(C3)CC2C4)c1SC1CCCCC1)C(=O)NCCC(=O)O. The van der Waals surface area contributed by atoms with Crippen LogP contribution in [0.1, 0.15) is 95.0 Å². The summed E-state index contributed by atoms with van der Waals surface area (Å²) in [7, 11) is 0. The van der Waals surface area contributed by atoms with E-state index in [2.05, 4.69) is 15.8 Å². The van der Waals surface area contributed by atoms with E-state index in [-0.39, 0.29) is 49.1 Å². The molecule has 0 aliphatic heterocycles. The molecule has 5 aliphatic rings. The fraction of sp³-hybridized carbons (Fsp3) is 0.786. The number of carbonyl (C=O) groups excluding carboxylic acids is 2. The number of hydrogen-bond acceptors (Lipinski definition) is 7. The highest BCUT2D eigenvalue weighted by molar-refractivity contribution is 8.00. The lowest BCUT2D eigenvalue weighted by molar-refractivity contribution is -0.137. The van der Waals surface area contributed by atoms with Gasteiger partial charge in [0.2, 0.25) is 11.7 Å². The third kappa shape index (κ3) is 6.15. The number of thioether (sulfide) groups is 1. The lowest BCUT2D eigenvalue weighted by Crippen LogP contribution is -2.55. The molecule has 4 bridgehead atoms. The molecule has 210 valence electrons. The standard InChI is InChI=1S/C28H41N3O6S/c1-28(2,27(35)29-9-8-21(32)33)15-36-26-24(38-20-6-4-3-5-7-20)23(37-31-26)25(34)30-22-18-11-16-10-17(13-18)14-19(22)12-16/h16-20,22H,3-15H2,1-2H3,(H,29,35)(H,30,34)(H,32,33). The van der Waals surface area contributed by atoms with Crippen molar-refractivity contribution in [1.29, 1.82) is 0 Å². The van der Waals surface area contributed by atoms with Crippen molar-refractivity contribution in [2.75, 3.05) is 13.2 Å². The Morgan fingerprint density at radius 2 is 1.71 bits per heavy atom. The molecule has 6 rings (SSSR count). The van der Waals surface area contributed by atoms with Crippen LogP contribution in [0.25, 0.3) is 0 Å². The molecule has 3 N–H and O–H groups in total. The first-order valence-electron chi connectivity index (χ1n) is 14.3. The number of carboxylic acid groups (broad SMARTS) is 1. The van der Waals surface area contributed by atoms with Crippen LogP contribution in [0.4, 0.5) is 0 Å². The molecule has 38 heavy (non-hydrogen) atoms. The van der Waals surface area contributed by atoms with E-state index in [0.717, 1.165) is 37.5 Å². The van der Waals surface area contributed by atoms with Crippen LogP contribution in [0.15, 0.2) is 9.42 Å². The second kappa shape index (κ2) is 11.5. The number of nitrogens with one attached hydrogen (secondary N) is 2. The zero-order valence-electron chi connectivity index (χ0n) is 22.5. The third-order valence-electron chi connectivity index (χ3n) is 9.00. The van der Waals surface area contributed by atoms with Gasteiger partial charge in [-0.2, -0.15) is 0 Å². The van der Waals surface area contributed by atoms with Crippen LogP contribution in [0.2, 0.25) is 0 Å². The first kappa shape index (κ1) is 27.3. The summed E-state index contributed by atoms with van der Waals surface area (Å²) in [5.74, 6) is 1.77. The van der Waals surface area contributed by atoms with E-state index in [4.69, 9.17) is 14.4 Å². The minimum absolute atomic E-state index is 0.0211. The van der Waals surface area contributed by atoms with Gasteiger partial charge in [0.15, 0.2) is 0 Å². The van der Waals surface area contributed by atoms with Crippen LogP contribution in [0.3, 0.4) is 0 Å². The first-order chi connectivity index (χ1) is 18.2. The number of amides is 2. The summed E-state index contributed by atoms with van der Waals surface area (Å²) >= 11 is 1.61. The van der Waals surface area contributed by atoms with Crippen molar-refractivity contribution in [3.8, 4) is 5.88 Å². The van der Waals surface area contributed by atoms with Crippen molar-refractivity contribution in [1.82, 2.24) is 15.8 Å².